The summed E-state index contributed by atoms with van der Waals surface area (Å²) in [7, 11) is -4.91. The number of carbonyl (C=O) groups excluding carboxylic acids is 2. The largest absolute Gasteiger partial charge is 0.418 e. The molecule has 3 heterocycles. The molecular weight excluding hydrogens is 392 g/mol. The van der Waals surface area contributed by atoms with Gasteiger partial charge in [-0.3, -0.25) is 14.8 Å². The Bertz CT molecular complexity index is 926. The molecule has 0 aliphatic carbocycles. The van der Waals surface area contributed by atoms with Crippen LogP contribution in [0.15, 0.2) is 12.3 Å². The summed E-state index contributed by atoms with van der Waals surface area (Å²) in [5.41, 5.74) is -0.723. The Morgan fingerprint density at radius 1 is 1.41 bits per heavy atom. The maximum absolute atomic E-state index is 13.6. The van der Waals surface area contributed by atoms with Gasteiger partial charge in [0.05, 0.1) is 18.3 Å². The van der Waals surface area contributed by atoms with Crippen LogP contribution in [0.4, 0.5) is 13.6 Å². The van der Waals surface area contributed by atoms with Crippen LogP contribution in [-0.4, -0.2) is 64.3 Å². The molecule has 0 radical (unpaired) electrons. The van der Waals surface area contributed by atoms with E-state index >= 15 is 0 Å². The van der Waals surface area contributed by atoms with Gasteiger partial charge in [0.25, 0.3) is 5.91 Å². The van der Waals surface area contributed by atoms with Crippen molar-refractivity contribution in [1.82, 2.24) is 20.3 Å². The molecule has 2 fully saturated rings. The highest BCUT2D eigenvalue weighted by Gasteiger charge is 2.48. The molecule has 1 aromatic heterocycles. The van der Waals surface area contributed by atoms with E-state index in [9.17, 15) is 26.8 Å². The maximum Gasteiger partial charge on any atom is 0.418 e. The van der Waals surface area contributed by atoms with Crippen molar-refractivity contribution < 1.29 is 35.6 Å². The molecule has 27 heavy (non-hydrogen) atoms. The van der Waals surface area contributed by atoms with E-state index in [0.717, 1.165) is 4.90 Å². The monoisotopic (exact) mass is 405 g/mol. The van der Waals surface area contributed by atoms with Gasteiger partial charge in [-0.05, 0) is 12.8 Å². The van der Waals surface area contributed by atoms with Crippen LogP contribution < -0.4 is 5.32 Å². The summed E-state index contributed by atoms with van der Waals surface area (Å²) in [6.07, 6.45) is 1.05. The van der Waals surface area contributed by atoms with Crippen molar-refractivity contribution in [2.75, 3.05) is 6.54 Å². The molecule has 3 rings (SSSR count). The summed E-state index contributed by atoms with van der Waals surface area (Å²) in [6, 6.07) is -2.04. The summed E-state index contributed by atoms with van der Waals surface area (Å²) in [4.78, 5) is 28.7. The quantitative estimate of drug-likeness (QED) is 0.364. The van der Waals surface area contributed by atoms with Crippen LogP contribution in [-0.2, 0) is 14.7 Å². The Hall–Kier alpha value is -2.71. The van der Waals surface area contributed by atoms with Gasteiger partial charge in [-0.15, -0.1) is 4.28 Å². The number of nitrogens with zero attached hydrogens (tertiary/aromatic N) is 3. The zero-order valence-electron chi connectivity index (χ0n) is 13.4. The number of piperidine rings is 1. The van der Waals surface area contributed by atoms with Gasteiger partial charge in [0.15, 0.2) is 11.5 Å². The number of nitrogens with one attached hydrogen (secondary N) is 2. The summed E-state index contributed by atoms with van der Waals surface area (Å²) >= 11 is 0. The Morgan fingerprint density at radius 2 is 2.11 bits per heavy atom. The average Bonchev–Trinajstić information content (AvgIpc) is 2.78. The van der Waals surface area contributed by atoms with Crippen molar-refractivity contribution in [3.05, 3.63) is 29.6 Å². The SMILES string of the molecule is N=C(NC(=O)c1ncc(F)cc1F)[C@@H]1CC[C@@H]2CN1C(=O)N2OS(=O)(=O)O. The number of hydroxylamine groups is 2. The van der Waals surface area contributed by atoms with Gasteiger partial charge < -0.3 is 10.2 Å². The van der Waals surface area contributed by atoms with E-state index in [-0.39, 0.29) is 19.4 Å². The first-order valence-corrected chi connectivity index (χ1v) is 8.91. The van der Waals surface area contributed by atoms with E-state index in [1.165, 1.54) is 0 Å². The zero-order chi connectivity index (χ0) is 19.9. The van der Waals surface area contributed by atoms with Gasteiger partial charge in [0.2, 0.25) is 0 Å². The molecule has 0 unspecified atom stereocenters. The number of halogens is 2. The molecule has 0 saturated carbocycles. The number of aromatic nitrogens is 1. The van der Waals surface area contributed by atoms with Gasteiger partial charge in [0.1, 0.15) is 11.7 Å². The van der Waals surface area contributed by atoms with Gasteiger partial charge in [-0.2, -0.15) is 13.5 Å². The maximum atomic E-state index is 13.6. The second kappa shape index (κ2) is 6.79. The number of amides is 3. The van der Waals surface area contributed by atoms with Crippen LogP contribution in [0.3, 0.4) is 0 Å². The van der Waals surface area contributed by atoms with E-state index < -0.39 is 57.6 Å². The fourth-order valence-electron chi connectivity index (χ4n) is 2.98. The summed E-state index contributed by atoms with van der Waals surface area (Å²) in [5.74, 6) is -3.74. The highest BCUT2D eigenvalue weighted by Crippen LogP contribution is 2.30. The van der Waals surface area contributed by atoms with Crippen molar-refractivity contribution in [1.29, 1.82) is 5.41 Å². The van der Waals surface area contributed by atoms with E-state index in [2.05, 4.69) is 14.6 Å². The lowest BCUT2D eigenvalue weighted by atomic mass is 10.00. The van der Waals surface area contributed by atoms with Gasteiger partial charge in [-0.1, -0.05) is 0 Å². The first-order valence-electron chi connectivity index (χ1n) is 7.54. The number of carbonyl (C=O) groups is 2. The van der Waals surface area contributed by atoms with Gasteiger partial charge >= 0.3 is 16.4 Å². The molecule has 1 aromatic rings. The Morgan fingerprint density at radius 3 is 2.74 bits per heavy atom. The molecule has 3 N–H and O–H groups in total. The molecule has 2 atom stereocenters. The number of pyridine rings is 1. The van der Waals surface area contributed by atoms with Crippen molar-refractivity contribution in [3.8, 4) is 0 Å². The van der Waals surface area contributed by atoms with Crippen LogP contribution in [0.2, 0.25) is 0 Å². The molecule has 2 aliphatic rings. The lowest BCUT2D eigenvalue weighted by Crippen LogP contribution is -2.51. The number of hydrogen-bond acceptors (Lipinski definition) is 7. The molecule has 0 spiro atoms. The smallest absolute Gasteiger partial charge is 0.310 e. The van der Waals surface area contributed by atoms with E-state index in [4.69, 9.17) is 9.96 Å². The zero-order valence-corrected chi connectivity index (χ0v) is 14.2. The molecule has 146 valence electrons. The van der Waals surface area contributed by atoms with Crippen molar-refractivity contribution >= 4 is 28.2 Å². The number of rotatable bonds is 4. The normalized spacial score (nSPS) is 22.1. The minimum absolute atomic E-state index is 0.000426. The van der Waals surface area contributed by atoms with E-state index in [1.54, 1.807) is 0 Å². The summed E-state index contributed by atoms with van der Waals surface area (Å²) < 4.78 is 61.2. The molecule has 3 amide bonds. The fraction of sp³-hybridized carbons (Fsp3) is 0.385. The molecular formula is C13H13F2N5O6S. The molecule has 0 aromatic carbocycles. The lowest BCUT2D eigenvalue weighted by Gasteiger charge is -2.30. The molecule has 2 saturated heterocycles. The minimum Gasteiger partial charge on any atom is -0.310 e. The number of urea groups is 1. The number of amidine groups is 1. The summed E-state index contributed by atoms with van der Waals surface area (Å²) in [5, 5.41) is 10.6. The minimum atomic E-state index is -4.91. The first-order chi connectivity index (χ1) is 12.6. The third-order valence-corrected chi connectivity index (χ3v) is 4.45. The topological polar surface area (TPSA) is 153 Å². The molecule has 2 bridgehead atoms. The van der Waals surface area contributed by atoms with Crippen molar-refractivity contribution in [2.45, 2.75) is 24.9 Å². The van der Waals surface area contributed by atoms with Crippen LogP contribution >= 0.6 is 0 Å². The van der Waals surface area contributed by atoms with Crippen LogP contribution in [0.1, 0.15) is 23.3 Å². The van der Waals surface area contributed by atoms with Crippen LogP contribution in [0.5, 0.6) is 0 Å². The standard InChI is InChI=1S/C13H13F2N5O6S/c14-6-3-8(15)10(17-4-6)12(21)18-11(16)9-2-1-7-5-19(9)13(22)20(7)26-27(23,24)25/h3-4,7,9H,1-2,5H2,(H2,16,18,21)(H,23,24,25)/t7-,9+/m1/s1. The predicted molar refractivity (Wildman–Crippen MR) is 82.7 cm³/mol. The third kappa shape index (κ3) is 3.86. The number of fused-ring (bicyclic) bond motifs is 2. The van der Waals surface area contributed by atoms with Gasteiger partial charge in [-0.25, -0.2) is 18.6 Å². The second-order valence-corrected chi connectivity index (χ2v) is 6.87. The molecule has 2 aliphatic heterocycles. The average molecular weight is 405 g/mol. The Balaban J connectivity index is 1.71. The second-order valence-electron chi connectivity index (χ2n) is 5.86. The fourth-order valence-corrected chi connectivity index (χ4v) is 3.37. The Labute approximate surface area is 151 Å². The van der Waals surface area contributed by atoms with Crippen molar-refractivity contribution in [2.24, 2.45) is 0 Å². The molecule has 14 heteroatoms. The summed E-state index contributed by atoms with van der Waals surface area (Å²) in [6.45, 7) is 0.000426. The van der Waals surface area contributed by atoms with Crippen molar-refractivity contribution in [3.63, 3.8) is 0 Å². The van der Waals surface area contributed by atoms with Crippen LogP contribution in [0.25, 0.3) is 0 Å². The third-order valence-electron chi connectivity index (χ3n) is 4.10. The number of hydrogen-bond donors (Lipinski definition) is 3. The van der Waals surface area contributed by atoms with Gasteiger partial charge in [0, 0.05) is 12.6 Å². The predicted octanol–water partition coefficient (Wildman–Crippen LogP) is 0.0699. The molecule has 11 nitrogen and oxygen atoms in total. The van der Waals surface area contributed by atoms with E-state index in [0.29, 0.717) is 17.3 Å². The van der Waals surface area contributed by atoms with Crippen LogP contribution in [0, 0.1) is 17.0 Å². The first kappa shape index (κ1) is 19.1. The highest BCUT2D eigenvalue weighted by atomic mass is 32.3. The lowest BCUT2D eigenvalue weighted by molar-refractivity contribution is -0.0316. The highest BCUT2D eigenvalue weighted by molar-refractivity contribution is 7.80. The Kier molecular flexibility index (Phi) is 4.79. The van der Waals surface area contributed by atoms with E-state index in [1.807, 2.05) is 0 Å².